The van der Waals surface area contributed by atoms with E-state index in [4.69, 9.17) is 10.5 Å². The molecule has 2 rings (SSSR count). The van der Waals surface area contributed by atoms with Gasteiger partial charge in [0.05, 0.1) is 7.11 Å². The molecular formula is C11H10BrFN4O. The lowest BCUT2D eigenvalue weighted by molar-refractivity contribution is 0.387. The van der Waals surface area contributed by atoms with Crippen molar-refractivity contribution in [3.8, 4) is 5.75 Å². The number of methoxy groups -OCH3 is 1. The first kappa shape index (κ1) is 12.6. The van der Waals surface area contributed by atoms with Crippen molar-refractivity contribution >= 4 is 33.3 Å². The van der Waals surface area contributed by atoms with E-state index in [1.54, 1.807) is 6.07 Å². The van der Waals surface area contributed by atoms with Gasteiger partial charge in [0.2, 0.25) is 0 Å². The molecule has 0 atom stereocenters. The number of nitrogens with zero attached hydrogens (tertiary/aromatic N) is 2. The van der Waals surface area contributed by atoms with Crippen LogP contribution in [-0.2, 0) is 0 Å². The molecule has 0 aliphatic heterocycles. The van der Waals surface area contributed by atoms with Gasteiger partial charge in [0.25, 0.3) is 0 Å². The van der Waals surface area contributed by atoms with E-state index in [9.17, 15) is 4.39 Å². The van der Waals surface area contributed by atoms with Gasteiger partial charge in [-0.3, -0.25) is 0 Å². The Morgan fingerprint density at radius 1 is 1.39 bits per heavy atom. The standard InChI is InChI=1S/C11H10BrFN4O/c1-18-8-4-6(2-3-7(8)13)17-11-9(12)10(14)15-5-16-11/h2-5H,1H3,(H3,14,15,16,17). The second kappa shape index (κ2) is 5.18. The van der Waals surface area contributed by atoms with Crippen molar-refractivity contribution in [1.82, 2.24) is 9.97 Å². The Balaban J connectivity index is 2.31. The molecule has 1 heterocycles. The number of benzene rings is 1. The number of aromatic nitrogens is 2. The molecule has 1 aromatic heterocycles. The van der Waals surface area contributed by atoms with Gasteiger partial charge in [-0.15, -0.1) is 0 Å². The van der Waals surface area contributed by atoms with Crippen LogP contribution in [0.2, 0.25) is 0 Å². The summed E-state index contributed by atoms with van der Waals surface area (Å²) in [6.45, 7) is 0. The molecule has 0 unspecified atom stereocenters. The monoisotopic (exact) mass is 312 g/mol. The van der Waals surface area contributed by atoms with Crippen molar-refractivity contribution in [2.75, 3.05) is 18.2 Å². The summed E-state index contributed by atoms with van der Waals surface area (Å²) in [5.74, 6) is 0.542. The molecule has 94 valence electrons. The fourth-order valence-corrected chi connectivity index (χ4v) is 1.65. The average molecular weight is 313 g/mol. The largest absolute Gasteiger partial charge is 0.494 e. The zero-order valence-electron chi connectivity index (χ0n) is 9.45. The highest BCUT2D eigenvalue weighted by molar-refractivity contribution is 9.10. The third-order valence-corrected chi connectivity index (χ3v) is 3.01. The lowest BCUT2D eigenvalue weighted by atomic mass is 10.3. The number of hydrogen-bond acceptors (Lipinski definition) is 5. The molecular weight excluding hydrogens is 303 g/mol. The van der Waals surface area contributed by atoms with Crippen LogP contribution in [0.3, 0.4) is 0 Å². The minimum Gasteiger partial charge on any atom is -0.494 e. The first-order chi connectivity index (χ1) is 8.61. The van der Waals surface area contributed by atoms with Gasteiger partial charge in [-0.2, -0.15) is 0 Å². The van der Waals surface area contributed by atoms with Crippen LogP contribution < -0.4 is 15.8 Å². The predicted octanol–water partition coefficient (Wildman–Crippen LogP) is 2.71. The number of nitrogen functional groups attached to an aromatic ring is 1. The average Bonchev–Trinajstić information content (AvgIpc) is 2.37. The third-order valence-electron chi connectivity index (χ3n) is 2.23. The summed E-state index contributed by atoms with van der Waals surface area (Å²) >= 11 is 3.27. The Morgan fingerprint density at radius 2 is 2.17 bits per heavy atom. The normalized spacial score (nSPS) is 10.2. The van der Waals surface area contributed by atoms with E-state index >= 15 is 0 Å². The van der Waals surface area contributed by atoms with Crippen molar-refractivity contribution in [1.29, 1.82) is 0 Å². The molecule has 18 heavy (non-hydrogen) atoms. The molecule has 5 nitrogen and oxygen atoms in total. The Kier molecular flexibility index (Phi) is 3.61. The van der Waals surface area contributed by atoms with Gasteiger partial charge in [-0.05, 0) is 28.1 Å². The number of rotatable bonds is 3. The van der Waals surface area contributed by atoms with Gasteiger partial charge in [0.15, 0.2) is 11.6 Å². The summed E-state index contributed by atoms with van der Waals surface area (Å²) in [6.07, 6.45) is 1.34. The fourth-order valence-electron chi connectivity index (χ4n) is 1.34. The van der Waals surface area contributed by atoms with Crippen LogP contribution in [0.25, 0.3) is 0 Å². The lowest BCUT2D eigenvalue weighted by Gasteiger charge is -2.09. The van der Waals surface area contributed by atoms with Gasteiger partial charge in [0, 0.05) is 11.8 Å². The number of nitrogens with two attached hydrogens (primary N) is 1. The molecule has 0 spiro atoms. The van der Waals surface area contributed by atoms with Crippen LogP contribution in [0.4, 0.5) is 21.7 Å². The maximum atomic E-state index is 13.2. The molecule has 0 saturated carbocycles. The maximum absolute atomic E-state index is 13.2. The maximum Gasteiger partial charge on any atom is 0.165 e. The molecule has 0 fully saturated rings. The highest BCUT2D eigenvalue weighted by Gasteiger charge is 2.08. The lowest BCUT2D eigenvalue weighted by Crippen LogP contribution is -2.00. The zero-order chi connectivity index (χ0) is 13.1. The highest BCUT2D eigenvalue weighted by Crippen LogP contribution is 2.29. The van der Waals surface area contributed by atoms with Gasteiger partial charge >= 0.3 is 0 Å². The summed E-state index contributed by atoms with van der Waals surface area (Å²) in [6, 6.07) is 4.41. The molecule has 0 aliphatic carbocycles. The van der Waals surface area contributed by atoms with Crippen molar-refractivity contribution in [3.63, 3.8) is 0 Å². The van der Waals surface area contributed by atoms with E-state index in [-0.39, 0.29) is 5.75 Å². The van der Waals surface area contributed by atoms with Gasteiger partial charge < -0.3 is 15.8 Å². The molecule has 1 aromatic carbocycles. The molecule has 0 amide bonds. The zero-order valence-corrected chi connectivity index (χ0v) is 11.0. The number of nitrogens with one attached hydrogen (secondary N) is 1. The molecule has 7 heteroatoms. The van der Waals surface area contributed by atoms with E-state index in [2.05, 4.69) is 31.2 Å². The second-order valence-corrected chi connectivity index (χ2v) is 4.19. The van der Waals surface area contributed by atoms with Crippen LogP contribution in [0, 0.1) is 5.82 Å². The van der Waals surface area contributed by atoms with E-state index in [1.165, 1.54) is 25.6 Å². The molecule has 0 saturated heterocycles. The topological polar surface area (TPSA) is 73.1 Å². The number of anilines is 3. The quantitative estimate of drug-likeness (QED) is 0.911. The Morgan fingerprint density at radius 3 is 2.89 bits per heavy atom. The van der Waals surface area contributed by atoms with E-state index in [1.807, 2.05) is 0 Å². The van der Waals surface area contributed by atoms with Gasteiger partial charge in [-0.25, -0.2) is 14.4 Å². The first-order valence-corrected chi connectivity index (χ1v) is 5.77. The van der Waals surface area contributed by atoms with Crippen molar-refractivity contribution in [3.05, 3.63) is 34.8 Å². The third kappa shape index (κ3) is 2.51. The SMILES string of the molecule is COc1cc(Nc2ncnc(N)c2Br)ccc1F. The van der Waals surface area contributed by atoms with Crippen molar-refractivity contribution < 1.29 is 9.13 Å². The molecule has 0 bridgehead atoms. The van der Waals surface area contributed by atoms with E-state index in [0.29, 0.717) is 21.8 Å². The molecule has 2 aromatic rings. The van der Waals surface area contributed by atoms with Crippen LogP contribution in [0.15, 0.2) is 29.0 Å². The number of ether oxygens (including phenoxy) is 1. The summed E-state index contributed by atoms with van der Waals surface area (Å²) in [7, 11) is 1.40. The first-order valence-electron chi connectivity index (χ1n) is 4.98. The van der Waals surface area contributed by atoms with Crippen LogP contribution in [0.1, 0.15) is 0 Å². The van der Waals surface area contributed by atoms with Crippen molar-refractivity contribution in [2.24, 2.45) is 0 Å². The Bertz CT molecular complexity index is 579. The minimum absolute atomic E-state index is 0.151. The summed E-state index contributed by atoms with van der Waals surface area (Å²) in [4.78, 5) is 7.85. The highest BCUT2D eigenvalue weighted by atomic mass is 79.9. The molecule has 0 radical (unpaired) electrons. The molecule has 0 aliphatic rings. The Hall–Kier alpha value is -1.89. The second-order valence-electron chi connectivity index (χ2n) is 3.40. The van der Waals surface area contributed by atoms with Gasteiger partial charge in [-0.1, -0.05) is 0 Å². The molecule has 3 N–H and O–H groups in total. The van der Waals surface area contributed by atoms with Crippen LogP contribution in [0.5, 0.6) is 5.75 Å². The summed E-state index contributed by atoms with van der Waals surface area (Å²) in [5, 5.41) is 2.99. The van der Waals surface area contributed by atoms with Crippen LogP contribution in [-0.4, -0.2) is 17.1 Å². The number of hydrogen-bond donors (Lipinski definition) is 2. The smallest absolute Gasteiger partial charge is 0.165 e. The fraction of sp³-hybridized carbons (Fsp3) is 0.0909. The van der Waals surface area contributed by atoms with Crippen molar-refractivity contribution in [2.45, 2.75) is 0 Å². The van der Waals surface area contributed by atoms with E-state index < -0.39 is 5.82 Å². The van der Waals surface area contributed by atoms with E-state index in [0.717, 1.165) is 0 Å². The minimum atomic E-state index is -0.427. The summed E-state index contributed by atoms with van der Waals surface area (Å²) < 4.78 is 18.7. The van der Waals surface area contributed by atoms with Crippen LogP contribution >= 0.6 is 15.9 Å². The number of halogens is 2. The summed E-state index contributed by atoms with van der Waals surface area (Å²) in [5.41, 5.74) is 6.26. The Labute approximate surface area is 111 Å². The van der Waals surface area contributed by atoms with Gasteiger partial charge in [0.1, 0.15) is 22.4 Å². The predicted molar refractivity (Wildman–Crippen MR) is 70.4 cm³/mol.